The third-order valence-electron chi connectivity index (χ3n) is 1.71. The molecule has 0 aliphatic rings. The van der Waals surface area contributed by atoms with Gasteiger partial charge in [0.2, 0.25) is 0 Å². The fraction of sp³-hybridized carbons (Fsp3) is 0.375. The predicted molar refractivity (Wildman–Crippen MR) is 51.1 cm³/mol. The van der Waals surface area contributed by atoms with Gasteiger partial charge in [-0.2, -0.15) is 15.2 Å². The molecule has 0 N–H and O–H groups in total. The number of nitro groups is 1. The van der Waals surface area contributed by atoms with Crippen LogP contribution in [0.4, 0.5) is 5.69 Å². The molecule has 0 aromatic carbocycles. The van der Waals surface area contributed by atoms with Gasteiger partial charge in [0, 0.05) is 0 Å². The average Bonchev–Trinajstić information content (AvgIpc) is 2.27. The van der Waals surface area contributed by atoms with E-state index >= 15 is 0 Å². The first-order chi connectivity index (χ1) is 7.63. The fourth-order valence-corrected chi connectivity index (χ4v) is 1.07. The van der Waals surface area contributed by atoms with Crippen LogP contribution in [0.2, 0.25) is 0 Å². The Labute approximate surface area is 90.6 Å². The Balaban J connectivity index is 3.42. The molecule has 0 spiro atoms. The molecule has 0 unspecified atom stereocenters. The third-order valence-corrected chi connectivity index (χ3v) is 1.71. The third kappa shape index (κ3) is 2.14. The summed E-state index contributed by atoms with van der Waals surface area (Å²) in [5, 5.41) is 19.3. The molecule has 8 heteroatoms. The van der Waals surface area contributed by atoms with Gasteiger partial charge in [0.25, 0.3) is 0 Å². The van der Waals surface area contributed by atoms with Crippen molar-refractivity contribution in [1.29, 1.82) is 5.26 Å². The van der Waals surface area contributed by atoms with Crippen LogP contribution in [-0.4, -0.2) is 29.1 Å². The molecule has 1 heterocycles. The standard InChI is InChI=1S/C8H8N4O4/c1-15-7-6(12(13)14)5(3-4-9)10-8(11-7)16-2/h3H2,1-2H3. The normalized spacial score (nSPS) is 9.31. The quantitative estimate of drug-likeness (QED) is 0.539. The van der Waals surface area contributed by atoms with Gasteiger partial charge in [-0.1, -0.05) is 0 Å². The van der Waals surface area contributed by atoms with Gasteiger partial charge in [-0.05, 0) is 0 Å². The number of methoxy groups -OCH3 is 2. The summed E-state index contributed by atoms with van der Waals surface area (Å²) >= 11 is 0. The topological polar surface area (TPSA) is 111 Å². The predicted octanol–water partition coefficient (Wildman–Crippen LogP) is 0.468. The van der Waals surface area contributed by atoms with Crippen molar-refractivity contribution < 1.29 is 14.4 Å². The lowest BCUT2D eigenvalue weighted by Crippen LogP contribution is -2.05. The largest absolute Gasteiger partial charge is 0.476 e. The first-order valence-electron chi connectivity index (χ1n) is 4.14. The number of nitriles is 1. The maximum Gasteiger partial charge on any atom is 0.353 e. The molecule has 0 fully saturated rings. The van der Waals surface area contributed by atoms with Gasteiger partial charge >= 0.3 is 17.6 Å². The molecule has 0 saturated carbocycles. The smallest absolute Gasteiger partial charge is 0.353 e. The summed E-state index contributed by atoms with van der Waals surface area (Å²) in [6.07, 6.45) is -0.217. The van der Waals surface area contributed by atoms with E-state index < -0.39 is 10.6 Å². The summed E-state index contributed by atoms with van der Waals surface area (Å²) in [6, 6.07) is 1.70. The molecule has 1 rings (SSSR count). The van der Waals surface area contributed by atoms with Crippen LogP contribution in [0.5, 0.6) is 11.9 Å². The molecule has 8 nitrogen and oxygen atoms in total. The molecule has 0 radical (unpaired) electrons. The summed E-state index contributed by atoms with van der Waals surface area (Å²) < 4.78 is 9.50. The van der Waals surface area contributed by atoms with E-state index in [2.05, 4.69) is 9.97 Å². The van der Waals surface area contributed by atoms with E-state index in [1.165, 1.54) is 14.2 Å². The van der Waals surface area contributed by atoms with E-state index in [-0.39, 0.29) is 24.0 Å². The van der Waals surface area contributed by atoms with Crippen LogP contribution in [0.3, 0.4) is 0 Å². The molecule has 16 heavy (non-hydrogen) atoms. The number of nitrogens with zero attached hydrogens (tertiary/aromatic N) is 4. The maximum absolute atomic E-state index is 10.8. The summed E-state index contributed by atoms with van der Waals surface area (Å²) in [5.41, 5.74) is -0.443. The number of hydrogen-bond acceptors (Lipinski definition) is 7. The average molecular weight is 224 g/mol. The lowest BCUT2D eigenvalue weighted by atomic mass is 10.2. The van der Waals surface area contributed by atoms with Gasteiger partial charge in [-0.15, -0.1) is 0 Å². The Kier molecular flexibility index (Phi) is 3.55. The van der Waals surface area contributed by atoms with Crippen molar-refractivity contribution in [3.05, 3.63) is 15.8 Å². The summed E-state index contributed by atoms with van der Waals surface area (Å²) in [5.74, 6) is -0.220. The number of rotatable bonds is 4. The van der Waals surface area contributed by atoms with Gasteiger partial charge in [0.15, 0.2) is 0 Å². The van der Waals surface area contributed by atoms with Crippen molar-refractivity contribution in [3.63, 3.8) is 0 Å². The van der Waals surface area contributed by atoms with Gasteiger partial charge < -0.3 is 9.47 Å². The van der Waals surface area contributed by atoms with E-state index in [0.29, 0.717) is 0 Å². The molecular weight excluding hydrogens is 216 g/mol. The van der Waals surface area contributed by atoms with E-state index in [0.717, 1.165) is 0 Å². The molecule has 0 bridgehead atoms. The highest BCUT2D eigenvalue weighted by molar-refractivity contribution is 5.47. The maximum atomic E-state index is 10.8. The SMILES string of the molecule is COc1nc(CC#N)c([N+](=O)[O-])c(OC)n1. The highest BCUT2D eigenvalue weighted by Crippen LogP contribution is 2.29. The van der Waals surface area contributed by atoms with Crippen LogP contribution in [0, 0.1) is 21.4 Å². The minimum absolute atomic E-state index is 0.0313. The molecule has 0 aliphatic heterocycles. The minimum atomic E-state index is -0.690. The lowest BCUT2D eigenvalue weighted by molar-refractivity contribution is -0.387. The van der Waals surface area contributed by atoms with Crippen molar-refractivity contribution in [2.24, 2.45) is 0 Å². The molecular formula is C8H8N4O4. The summed E-state index contributed by atoms with van der Waals surface area (Å²) in [4.78, 5) is 17.5. The van der Waals surface area contributed by atoms with Crippen LogP contribution >= 0.6 is 0 Å². The fourth-order valence-electron chi connectivity index (χ4n) is 1.07. The zero-order valence-electron chi connectivity index (χ0n) is 8.63. The molecule has 1 aromatic rings. The Morgan fingerprint density at radius 3 is 2.56 bits per heavy atom. The van der Waals surface area contributed by atoms with Crippen LogP contribution < -0.4 is 9.47 Å². The second-order valence-corrected chi connectivity index (χ2v) is 2.61. The van der Waals surface area contributed by atoms with Crippen LogP contribution in [0.25, 0.3) is 0 Å². The van der Waals surface area contributed by atoms with Gasteiger partial charge in [0.05, 0.1) is 31.6 Å². The Morgan fingerprint density at radius 2 is 2.12 bits per heavy atom. The molecule has 84 valence electrons. The van der Waals surface area contributed by atoms with Crippen molar-refractivity contribution in [2.45, 2.75) is 6.42 Å². The van der Waals surface area contributed by atoms with Crippen molar-refractivity contribution in [1.82, 2.24) is 9.97 Å². The molecule has 0 aliphatic carbocycles. The number of aromatic nitrogens is 2. The zero-order chi connectivity index (χ0) is 12.1. The van der Waals surface area contributed by atoms with Gasteiger partial charge in [-0.25, -0.2) is 0 Å². The van der Waals surface area contributed by atoms with Crippen molar-refractivity contribution >= 4 is 5.69 Å². The second kappa shape index (κ2) is 4.88. The highest BCUT2D eigenvalue weighted by Gasteiger charge is 2.25. The number of hydrogen-bond donors (Lipinski definition) is 0. The van der Waals surface area contributed by atoms with E-state index in [9.17, 15) is 10.1 Å². The molecule has 0 atom stereocenters. The Morgan fingerprint density at radius 1 is 1.44 bits per heavy atom. The highest BCUT2D eigenvalue weighted by atomic mass is 16.6. The van der Waals surface area contributed by atoms with Crippen molar-refractivity contribution in [3.8, 4) is 18.0 Å². The molecule has 0 saturated heterocycles. The van der Waals surface area contributed by atoms with Crippen molar-refractivity contribution in [2.75, 3.05) is 14.2 Å². The van der Waals surface area contributed by atoms with E-state index in [4.69, 9.17) is 14.7 Å². The monoisotopic (exact) mass is 224 g/mol. The van der Waals surface area contributed by atoms with Gasteiger partial charge in [-0.3, -0.25) is 10.1 Å². The lowest BCUT2D eigenvalue weighted by Gasteiger charge is -2.05. The summed E-state index contributed by atoms with van der Waals surface area (Å²) in [6.45, 7) is 0. The summed E-state index contributed by atoms with van der Waals surface area (Å²) in [7, 11) is 2.56. The Bertz CT molecular complexity index is 454. The first-order valence-corrected chi connectivity index (χ1v) is 4.14. The van der Waals surface area contributed by atoms with E-state index in [1.807, 2.05) is 0 Å². The molecule has 0 amide bonds. The van der Waals surface area contributed by atoms with E-state index in [1.54, 1.807) is 6.07 Å². The van der Waals surface area contributed by atoms with Crippen LogP contribution in [0.1, 0.15) is 5.69 Å². The second-order valence-electron chi connectivity index (χ2n) is 2.61. The zero-order valence-corrected chi connectivity index (χ0v) is 8.63. The Hall–Kier alpha value is -2.43. The molecule has 1 aromatic heterocycles. The van der Waals surface area contributed by atoms with Crippen LogP contribution in [-0.2, 0) is 6.42 Å². The number of ether oxygens (including phenoxy) is 2. The van der Waals surface area contributed by atoms with Crippen LogP contribution in [0.15, 0.2) is 0 Å². The first kappa shape index (κ1) is 11.6. The van der Waals surface area contributed by atoms with Gasteiger partial charge in [0.1, 0.15) is 5.69 Å². The minimum Gasteiger partial charge on any atom is -0.476 e.